The molecule has 4 unspecified atom stereocenters. The molecule has 2 aliphatic rings. The van der Waals surface area contributed by atoms with Crippen molar-refractivity contribution in [3.8, 4) is 11.8 Å². The zero-order valence-electron chi connectivity index (χ0n) is 18.6. The van der Waals surface area contributed by atoms with E-state index in [9.17, 15) is 22.0 Å². The molecule has 0 spiro atoms. The Morgan fingerprint density at radius 3 is 2.12 bits per heavy atom. The summed E-state index contributed by atoms with van der Waals surface area (Å²) in [7, 11) is 0. The molecule has 0 nitrogen and oxygen atoms in total. The number of hydrogen-bond donors (Lipinski definition) is 0. The maximum atomic E-state index is 14.8. The summed E-state index contributed by atoms with van der Waals surface area (Å²) in [5, 5.41) is 0. The summed E-state index contributed by atoms with van der Waals surface area (Å²) in [4.78, 5) is 0. The number of benzene rings is 2. The van der Waals surface area contributed by atoms with Gasteiger partial charge in [-0.15, -0.1) is 0 Å². The summed E-state index contributed by atoms with van der Waals surface area (Å²) >= 11 is 0. The summed E-state index contributed by atoms with van der Waals surface area (Å²) in [5.41, 5.74) is -0.198. The molecule has 0 amide bonds. The lowest BCUT2D eigenvalue weighted by atomic mass is 9.64. The molecule has 2 fully saturated rings. The molecule has 0 radical (unpaired) electrons. The minimum Gasteiger partial charge on any atom is -0.206 e. The predicted octanol–water partition coefficient (Wildman–Crippen LogP) is 8.26. The molecule has 0 saturated heterocycles. The van der Waals surface area contributed by atoms with E-state index in [1.165, 1.54) is 37.1 Å². The Hall–Kier alpha value is -2.61. The van der Waals surface area contributed by atoms with Gasteiger partial charge in [-0.2, -0.15) is 13.2 Å². The minimum atomic E-state index is -4.44. The first kappa shape index (κ1) is 23.5. The Morgan fingerprint density at radius 1 is 0.848 bits per heavy atom. The third-order valence-electron chi connectivity index (χ3n) is 7.20. The van der Waals surface area contributed by atoms with Crippen LogP contribution in [0.2, 0.25) is 0 Å². The average molecular weight is 459 g/mol. The van der Waals surface area contributed by atoms with Crippen molar-refractivity contribution in [3.63, 3.8) is 0 Å². The van der Waals surface area contributed by atoms with Gasteiger partial charge >= 0.3 is 6.18 Å². The molecule has 2 aromatic rings. The molecular formula is C28H27F5. The zero-order valence-corrected chi connectivity index (χ0v) is 18.6. The van der Waals surface area contributed by atoms with Crippen LogP contribution >= 0.6 is 0 Å². The van der Waals surface area contributed by atoms with Gasteiger partial charge in [-0.25, -0.2) is 8.78 Å². The molecule has 33 heavy (non-hydrogen) atoms. The second-order valence-electron chi connectivity index (χ2n) is 9.31. The van der Waals surface area contributed by atoms with Crippen LogP contribution in [-0.4, -0.2) is 0 Å². The highest BCUT2D eigenvalue weighted by molar-refractivity contribution is 5.46. The van der Waals surface area contributed by atoms with Gasteiger partial charge in [0.1, 0.15) is 11.6 Å². The Labute approximate surface area is 191 Å². The van der Waals surface area contributed by atoms with Gasteiger partial charge in [0.05, 0.1) is 11.1 Å². The monoisotopic (exact) mass is 458 g/mol. The van der Waals surface area contributed by atoms with E-state index >= 15 is 0 Å². The van der Waals surface area contributed by atoms with E-state index in [-0.39, 0.29) is 17.0 Å². The fourth-order valence-corrected chi connectivity index (χ4v) is 5.50. The SMILES string of the molecule is C/C=C/C1CCC2CC(c3cc(F)c(C#Cc4ccc(C(F)(F)F)cc4)c(F)c3)CCC2C1. The molecule has 0 bridgehead atoms. The van der Waals surface area contributed by atoms with Crippen molar-refractivity contribution in [2.45, 2.75) is 57.5 Å². The molecule has 0 aromatic heterocycles. The largest absolute Gasteiger partial charge is 0.416 e. The fraction of sp³-hybridized carbons (Fsp3) is 0.429. The van der Waals surface area contributed by atoms with Gasteiger partial charge in [-0.3, -0.25) is 0 Å². The van der Waals surface area contributed by atoms with Crippen LogP contribution in [0.3, 0.4) is 0 Å². The predicted molar refractivity (Wildman–Crippen MR) is 120 cm³/mol. The molecule has 0 aliphatic heterocycles. The Bertz CT molecular complexity index is 1050. The van der Waals surface area contributed by atoms with Crippen LogP contribution in [0.25, 0.3) is 0 Å². The molecule has 0 heterocycles. The van der Waals surface area contributed by atoms with Crippen molar-refractivity contribution in [2.75, 3.05) is 0 Å². The molecule has 5 heteroatoms. The molecule has 174 valence electrons. The zero-order chi connectivity index (χ0) is 23.6. The second-order valence-corrected chi connectivity index (χ2v) is 9.31. The Kier molecular flexibility index (Phi) is 6.93. The van der Waals surface area contributed by atoms with Crippen molar-refractivity contribution < 1.29 is 22.0 Å². The van der Waals surface area contributed by atoms with E-state index in [1.807, 2.05) is 0 Å². The van der Waals surface area contributed by atoms with Crippen LogP contribution in [0.1, 0.15) is 73.6 Å². The first-order valence-corrected chi connectivity index (χ1v) is 11.6. The highest BCUT2D eigenvalue weighted by atomic mass is 19.4. The number of fused-ring (bicyclic) bond motifs is 1. The third-order valence-corrected chi connectivity index (χ3v) is 7.20. The van der Waals surface area contributed by atoms with Crippen molar-refractivity contribution in [2.24, 2.45) is 17.8 Å². The molecule has 4 rings (SSSR count). The summed E-state index contributed by atoms with van der Waals surface area (Å²) in [6.45, 7) is 2.06. The standard InChI is InChI=1S/C28H27F5/c1-2-3-19-4-8-21-15-22(10-9-20(21)14-19)23-16-26(29)25(27(30)17-23)13-7-18-5-11-24(12-6-18)28(31,32)33/h2-3,5-6,11-12,16-17,19-22H,4,8-10,14-15H2,1H3/b3-2+. The van der Waals surface area contributed by atoms with Crippen molar-refractivity contribution in [1.29, 1.82) is 0 Å². The number of allylic oxidation sites excluding steroid dienone is 2. The van der Waals surface area contributed by atoms with Gasteiger partial charge in [-0.1, -0.05) is 24.0 Å². The van der Waals surface area contributed by atoms with Crippen LogP contribution in [0, 0.1) is 41.2 Å². The molecule has 2 saturated carbocycles. The van der Waals surface area contributed by atoms with Crippen molar-refractivity contribution in [1.82, 2.24) is 0 Å². The quantitative estimate of drug-likeness (QED) is 0.241. The Morgan fingerprint density at radius 2 is 1.48 bits per heavy atom. The maximum Gasteiger partial charge on any atom is 0.416 e. The molecule has 2 aliphatic carbocycles. The smallest absolute Gasteiger partial charge is 0.206 e. The summed E-state index contributed by atoms with van der Waals surface area (Å²) in [6.07, 6.45) is 6.52. The summed E-state index contributed by atoms with van der Waals surface area (Å²) in [5.74, 6) is 5.69. The van der Waals surface area contributed by atoms with Crippen molar-refractivity contribution in [3.05, 3.63) is 82.4 Å². The normalized spacial score (nSPS) is 25.4. The van der Waals surface area contributed by atoms with Gasteiger partial charge in [0, 0.05) is 5.56 Å². The molecule has 0 N–H and O–H groups in total. The van der Waals surface area contributed by atoms with Crippen LogP contribution in [0.15, 0.2) is 48.6 Å². The topological polar surface area (TPSA) is 0 Å². The first-order valence-electron chi connectivity index (χ1n) is 11.6. The van der Waals surface area contributed by atoms with Gasteiger partial charge in [0.2, 0.25) is 0 Å². The lowest BCUT2D eigenvalue weighted by molar-refractivity contribution is -0.137. The van der Waals surface area contributed by atoms with Crippen LogP contribution < -0.4 is 0 Å². The Balaban J connectivity index is 1.47. The third kappa shape index (κ3) is 5.49. The van der Waals surface area contributed by atoms with Crippen molar-refractivity contribution >= 4 is 0 Å². The van der Waals surface area contributed by atoms with E-state index in [1.54, 1.807) is 0 Å². The highest BCUT2D eigenvalue weighted by Crippen LogP contribution is 2.48. The highest BCUT2D eigenvalue weighted by Gasteiger charge is 2.35. The van der Waals surface area contributed by atoms with E-state index in [2.05, 4.69) is 30.9 Å². The summed E-state index contributed by atoms with van der Waals surface area (Å²) in [6, 6.07) is 6.98. The van der Waals surface area contributed by atoms with E-state index in [0.717, 1.165) is 37.8 Å². The number of hydrogen-bond acceptors (Lipinski definition) is 0. The van der Waals surface area contributed by atoms with Gasteiger partial charge in [0.15, 0.2) is 0 Å². The van der Waals surface area contributed by atoms with Crippen LogP contribution in [-0.2, 0) is 6.18 Å². The van der Waals surface area contributed by atoms with Gasteiger partial charge in [0.25, 0.3) is 0 Å². The van der Waals surface area contributed by atoms with Crippen LogP contribution in [0.4, 0.5) is 22.0 Å². The van der Waals surface area contributed by atoms with Gasteiger partial charge in [-0.05, 0) is 111 Å². The van der Waals surface area contributed by atoms with Crippen LogP contribution in [0.5, 0.6) is 0 Å². The number of alkyl halides is 3. The molecular weight excluding hydrogens is 431 g/mol. The number of rotatable bonds is 2. The fourth-order valence-electron chi connectivity index (χ4n) is 5.50. The maximum absolute atomic E-state index is 14.8. The second kappa shape index (κ2) is 9.71. The van der Waals surface area contributed by atoms with Gasteiger partial charge < -0.3 is 0 Å². The first-order chi connectivity index (χ1) is 15.7. The van der Waals surface area contributed by atoms with E-state index in [0.29, 0.717) is 23.3 Å². The minimum absolute atomic E-state index is 0.144. The summed E-state index contributed by atoms with van der Waals surface area (Å²) < 4.78 is 67.5. The average Bonchev–Trinajstić information content (AvgIpc) is 2.78. The molecule has 2 aromatic carbocycles. The lowest BCUT2D eigenvalue weighted by Gasteiger charge is -2.41. The molecule has 4 atom stereocenters. The van der Waals surface area contributed by atoms with E-state index < -0.39 is 23.4 Å². The lowest BCUT2D eigenvalue weighted by Crippen LogP contribution is -2.30. The number of halogens is 5. The van der Waals surface area contributed by atoms with E-state index in [4.69, 9.17) is 0 Å².